The average Bonchev–Trinajstić information content (AvgIpc) is 3.40. The fraction of sp³-hybridized carbons (Fsp3) is 0.611. The van der Waals surface area contributed by atoms with Crippen LogP contribution in [0.15, 0.2) is 60.7 Å². The van der Waals surface area contributed by atoms with Crippen LogP contribution in [0.4, 0.5) is 0 Å². The van der Waals surface area contributed by atoms with Gasteiger partial charge in [-0.05, 0) is 76.6 Å². The van der Waals surface area contributed by atoms with Crippen molar-refractivity contribution in [1.82, 2.24) is 9.80 Å². The van der Waals surface area contributed by atoms with Gasteiger partial charge < -0.3 is 28.7 Å². The van der Waals surface area contributed by atoms with E-state index in [0.717, 1.165) is 62.5 Å². The summed E-state index contributed by atoms with van der Waals surface area (Å²) in [5.74, 6) is -2.05. The van der Waals surface area contributed by atoms with Crippen LogP contribution in [-0.2, 0) is 38.2 Å². The van der Waals surface area contributed by atoms with Gasteiger partial charge in [0.2, 0.25) is 0 Å². The zero-order valence-electron chi connectivity index (χ0n) is 27.9. The van der Waals surface area contributed by atoms with Crippen LogP contribution in [0.2, 0.25) is 0 Å². The molecule has 4 aliphatic rings. The molecule has 4 aliphatic heterocycles. The number of carbonyl (C=O) groups is 2. The summed E-state index contributed by atoms with van der Waals surface area (Å²) in [5.41, 5.74) is 1.52. The standard InChI is InChI=1S/C36H48N3O9/c1-37-27-13-14-28(37)18-31(17-27)47-35(40)33(25-9-5-3-6-10-25)21-43-23-45-39(42)46-24-44-22-34(26-11-7-4-8-12-26)36(41)48-32-19-29-15-16-30(20-32)38(29)2/h3-12,27-34H,13-24H2,1-2H3/q+1/t27-,28+,29-,30+,31?,32?,33?,34?. The molecular formula is C36H48N3O9+. The van der Waals surface area contributed by atoms with E-state index in [9.17, 15) is 14.5 Å². The number of hydrogen-bond acceptors (Lipinski definition) is 11. The van der Waals surface area contributed by atoms with Crippen LogP contribution in [-0.4, -0.2) is 104 Å². The lowest BCUT2D eigenvalue weighted by atomic mass is 9.98. The van der Waals surface area contributed by atoms with E-state index < -0.39 is 25.4 Å². The van der Waals surface area contributed by atoms with Gasteiger partial charge in [-0.2, -0.15) is 9.68 Å². The van der Waals surface area contributed by atoms with Gasteiger partial charge in [0.1, 0.15) is 29.0 Å². The minimum Gasteiger partial charge on any atom is -0.462 e. The molecule has 6 rings (SSSR count). The Balaban J connectivity index is 0.926. The Bertz CT molecular complexity index is 1240. The molecule has 8 atom stereocenters. The summed E-state index contributed by atoms with van der Waals surface area (Å²) >= 11 is 0. The predicted molar refractivity (Wildman–Crippen MR) is 173 cm³/mol. The SMILES string of the molecule is CN1[C@@H]2CC[C@H]1CC(OC(=O)C(COCO[N+](=O)OCOCC(C(=O)OC1C[C@H]3CC[C@@H](C1)N3C)c1ccccc1)c1ccccc1)C2. The molecule has 0 N–H and O–H groups in total. The van der Waals surface area contributed by atoms with E-state index in [4.69, 9.17) is 28.6 Å². The molecule has 0 radical (unpaired) electrons. The van der Waals surface area contributed by atoms with Crippen molar-refractivity contribution in [3.8, 4) is 0 Å². The highest BCUT2D eigenvalue weighted by Crippen LogP contribution is 2.37. The highest BCUT2D eigenvalue weighted by molar-refractivity contribution is 5.79. The van der Waals surface area contributed by atoms with Crippen molar-refractivity contribution < 1.29 is 43.3 Å². The van der Waals surface area contributed by atoms with Crippen molar-refractivity contribution >= 4 is 11.9 Å². The molecule has 4 bridgehead atoms. The molecule has 2 aromatic rings. The molecule has 2 aromatic carbocycles. The van der Waals surface area contributed by atoms with Gasteiger partial charge in [0, 0.05) is 24.2 Å². The number of esters is 2. The van der Waals surface area contributed by atoms with E-state index in [-0.39, 0.29) is 42.4 Å². The van der Waals surface area contributed by atoms with Crippen molar-refractivity contribution in [2.24, 2.45) is 0 Å². The van der Waals surface area contributed by atoms with Crippen molar-refractivity contribution in [2.45, 2.75) is 99.6 Å². The third kappa shape index (κ3) is 8.52. The second-order valence-corrected chi connectivity index (χ2v) is 13.5. The normalized spacial score (nSPS) is 28.0. The number of hydrogen-bond donors (Lipinski definition) is 0. The van der Waals surface area contributed by atoms with Crippen LogP contribution in [0.25, 0.3) is 0 Å². The first kappa shape index (κ1) is 34.3. The van der Waals surface area contributed by atoms with Crippen LogP contribution < -0.4 is 0 Å². The van der Waals surface area contributed by atoms with Crippen molar-refractivity contribution in [2.75, 3.05) is 40.9 Å². The number of carbonyl (C=O) groups excluding carboxylic acids is 2. The number of nitrogens with zero attached hydrogens (tertiary/aromatic N) is 3. The maximum atomic E-state index is 13.3. The lowest BCUT2D eigenvalue weighted by Crippen LogP contribution is -2.44. The molecule has 4 heterocycles. The lowest BCUT2D eigenvalue weighted by molar-refractivity contribution is -0.989. The topological polar surface area (TPSA) is 116 Å². The molecule has 0 amide bonds. The van der Waals surface area contributed by atoms with Crippen LogP contribution in [0.3, 0.4) is 0 Å². The van der Waals surface area contributed by atoms with E-state index in [1.807, 2.05) is 60.7 Å². The Morgan fingerprint density at radius 2 is 1.00 bits per heavy atom. The largest absolute Gasteiger partial charge is 0.482 e. The third-order valence-corrected chi connectivity index (χ3v) is 10.7. The summed E-state index contributed by atoms with van der Waals surface area (Å²) in [4.78, 5) is 53.5. The summed E-state index contributed by atoms with van der Waals surface area (Å²) in [5, 5.41) is -0.103. The number of rotatable bonds is 16. The first-order valence-electron chi connectivity index (χ1n) is 17.2. The smallest absolute Gasteiger partial charge is 0.462 e. The Labute approximate surface area is 282 Å². The van der Waals surface area contributed by atoms with E-state index in [1.165, 1.54) is 0 Å². The van der Waals surface area contributed by atoms with Gasteiger partial charge in [-0.15, -0.1) is 0 Å². The van der Waals surface area contributed by atoms with Gasteiger partial charge in [0.15, 0.2) is 0 Å². The Kier molecular flexibility index (Phi) is 11.6. The van der Waals surface area contributed by atoms with Gasteiger partial charge in [0.05, 0.1) is 13.2 Å². The first-order valence-corrected chi connectivity index (χ1v) is 17.2. The van der Waals surface area contributed by atoms with Crippen molar-refractivity contribution in [3.05, 3.63) is 76.7 Å². The number of fused-ring (bicyclic) bond motifs is 4. The average molecular weight is 667 g/mol. The molecule has 0 aromatic heterocycles. The van der Waals surface area contributed by atoms with Gasteiger partial charge in [-0.1, -0.05) is 60.7 Å². The summed E-state index contributed by atoms with van der Waals surface area (Å²) in [6, 6.07) is 20.4. The van der Waals surface area contributed by atoms with Gasteiger partial charge >= 0.3 is 17.0 Å². The molecule has 0 spiro atoms. The summed E-state index contributed by atoms with van der Waals surface area (Å²) < 4.78 is 23.1. The second-order valence-electron chi connectivity index (χ2n) is 13.5. The minimum atomic E-state index is -0.671. The molecular weight excluding hydrogens is 618 g/mol. The van der Waals surface area contributed by atoms with E-state index in [1.54, 1.807) is 0 Å². The zero-order valence-corrected chi connectivity index (χ0v) is 27.9. The summed E-state index contributed by atoms with van der Waals surface area (Å²) in [7, 11) is 4.29. The van der Waals surface area contributed by atoms with Crippen LogP contribution in [0.5, 0.6) is 0 Å². The van der Waals surface area contributed by atoms with Gasteiger partial charge in [-0.3, -0.25) is 9.59 Å². The monoisotopic (exact) mass is 666 g/mol. The van der Waals surface area contributed by atoms with Crippen LogP contribution in [0, 0.1) is 4.91 Å². The molecule has 12 heteroatoms. The van der Waals surface area contributed by atoms with Crippen molar-refractivity contribution in [3.63, 3.8) is 0 Å². The fourth-order valence-corrected chi connectivity index (χ4v) is 7.91. The number of piperidine rings is 2. The maximum absolute atomic E-state index is 13.3. The minimum absolute atomic E-state index is 0.0354. The van der Waals surface area contributed by atoms with E-state index in [2.05, 4.69) is 23.9 Å². The first-order chi connectivity index (χ1) is 23.4. The Hall–Kier alpha value is -3.58. The summed E-state index contributed by atoms with van der Waals surface area (Å²) in [6.45, 7) is -0.968. The zero-order chi connectivity index (χ0) is 33.5. The number of ether oxygens (including phenoxy) is 4. The quantitative estimate of drug-likeness (QED) is 0.109. The predicted octanol–water partition coefficient (Wildman–Crippen LogP) is 4.48. The molecule has 260 valence electrons. The highest BCUT2D eigenvalue weighted by atomic mass is 17.0. The highest BCUT2D eigenvalue weighted by Gasteiger charge is 2.42. The molecule has 0 aliphatic carbocycles. The third-order valence-electron chi connectivity index (χ3n) is 10.7. The molecule has 48 heavy (non-hydrogen) atoms. The van der Waals surface area contributed by atoms with Gasteiger partial charge in [-0.25, -0.2) is 0 Å². The molecule has 4 saturated heterocycles. The fourth-order valence-electron chi connectivity index (χ4n) is 7.91. The van der Waals surface area contributed by atoms with Crippen LogP contribution in [0.1, 0.15) is 74.3 Å². The van der Waals surface area contributed by atoms with Gasteiger partial charge in [0.25, 0.3) is 13.6 Å². The molecule has 0 saturated carbocycles. The number of benzene rings is 2. The maximum Gasteiger partial charge on any atom is 0.482 e. The molecule has 12 nitrogen and oxygen atoms in total. The van der Waals surface area contributed by atoms with E-state index >= 15 is 0 Å². The molecule has 4 fully saturated rings. The second kappa shape index (κ2) is 16.2. The molecule has 4 unspecified atom stereocenters. The van der Waals surface area contributed by atoms with Crippen LogP contribution >= 0.6 is 0 Å². The summed E-state index contributed by atoms with van der Waals surface area (Å²) in [6.07, 6.45) is 7.64. The Morgan fingerprint density at radius 1 is 0.646 bits per heavy atom. The van der Waals surface area contributed by atoms with E-state index in [0.29, 0.717) is 24.2 Å². The lowest BCUT2D eigenvalue weighted by Gasteiger charge is -2.36. The van der Waals surface area contributed by atoms with Crippen molar-refractivity contribution in [1.29, 1.82) is 0 Å². The Morgan fingerprint density at radius 3 is 1.35 bits per heavy atom.